The lowest BCUT2D eigenvalue weighted by Gasteiger charge is -2.25. The van der Waals surface area contributed by atoms with Crippen LogP contribution < -0.4 is 0 Å². The van der Waals surface area contributed by atoms with Crippen LogP contribution in [0.1, 0.15) is 168 Å². The van der Waals surface area contributed by atoms with Gasteiger partial charge >= 0.3 is 17.9 Å². The summed E-state index contributed by atoms with van der Waals surface area (Å²) in [4.78, 5) is 37.2. The third-order valence-electron chi connectivity index (χ3n) is 10.2. The molecule has 0 bridgehead atoms. The SMILES string of the molecule is CC/C=C\C/C=C\C/C=C\C/C=C\C/C=C\C/C=C\CCCCCCCCCCCCC(=O)OC(COC(=O)CC/C=C\C/C=C\C/C=C\C/C=C\CC)COC(OCC[N+](C)(C)C)C(=O)O. The number of nitrogens with zero attached hydrogens (tertiary/aromatic N) is 1. The monoisotopic (exact) mass is 933 g/mol. The normalized spacial score (nSPS) is 13.9. The number of carboxylic acids is 1. The Kier molecular flexibility index (Phi) is 45.1. The van der Waals surface area contributed by atoms with Crippen molar-refractivity contribution in [3.63, 3.8) is 0 Å². The Balaban J connectivity index is 4.33. The second-order valence-electron chi connectivity index (χ2n) is 17.7. The number of carbonyl (C=O) groups excluding carboxylic acids is 2. The zero-order chi connectivity index (χ0) is 49.2. The number of hydrogen-bond donors (Lipinski definition) is 1. The van der Waals surface area contributed by atoms with Crippen LogP contribution in [0.4, 0.5) is 0 Å². The number of esters is 2. The van der Waals surface area contributed by atoms with Gasteiger partial charge in [0, 0.05) is 12.8 Å². The molecule has 0 saturated carbocycles. The maximum atomic E-state index is 12.8. The lowest BCUT2D eigenvalue weighted by Crippen LogP contribution is -2.40. The minimum absolute atomic E-state index is 0.170. The summed E-state index contributed by atoms with van der Waals surface area (Å²) in [6, 6.07) is 0. The molecule has 1 N–H and O–H groups in total. The predicted octanol–water partition coefficient (Wildman–Crippen LogP) is 14.6. The summed E-state index contributed by atoms with van der Waals surface area (Å²) >= 11 is 0. The van der Waals surface area contributed by atoms with Crippen LogP contribution in [-0.2, 0) is 33.3 Å². The Labute approximate surface area is 408 Å². The van der Waals surface area contributed by atoms with Gasteiger partial charge in [-0.15, -0.1) is 0 Å². The van der Waals surface area contributed by atoms with Crippen LogP contribution in [-0.4, -0.2) is 87.4 Å². The van der Waals surface area contributed by atoms with E-state index in [0.717, 1.165) is 89.9 Å². The van der Waals surface area contributed by atoms with Crippen LogP contribution in [0.25, 0.3) is 0 Å². The summed E-state index contributed by atoms with van der Waals surface area (Å²) in [6.07, 6.45) is 64.3. The van der Waals surface area contributed by atoms with Crippen molar-refractivity contribution in [1.82, 2.24) is 0 Å². The van der Waals surface area contributed by atoms with Crippen molar-refractivity contribution in [1.29, 1.82) is 0 Å². The summed E-state index contributed by atoms with van der Waals surface area (Å²) in [5, 5.41) is 9.66. The highest BCUT2D eigenvalue weighted by Crippen LogP contribution is 2.14. The predicted molar refractivity (Wildman–Crippen MR) is 281 cm³/mol. The molecule has 9 heteroatoms. The summed E-state index contributed by atoms with van der Waals surface area (Å²) in [6.45, 7) is 4.52. The van der Waals surface area contributed by atoms with E-state index in [4.69, 9.17) is 18.9 Å². The molecule has 67 heavy (non-hydrogen) atoms. The Morgan fingerprint density at radius 3 is 1.25 bits per heavy atom. The molecule has 0 heterocycles. The minimum Gasteiger partial charge on any atom is -0.477 e. The van der Waals surface area contributed by atoms with E-state index >= 15 is 0 Å². The van der Waals surface area contributed by atoms with Gasteiger partial charge in [0.1, 0.15) is 13.2 Å². The first-order chi connectivity index (χ1) is 32.6. The van der Waals surface area contributed by atoms with Crippen LogP contribution in [0.2, 0.25) is 0 Å². The van der Waals surface area contributed by atoms with Crippen LogP contribution in [0.15, 0.2) is 122 Å². The fraction of sp³-hybridized carbons (Fsp3) is 0.603. The van der Waals surface area contributed by atoms with E-state index in [0.29, 0.717) is 23.9 Å². The van der Waals surface area contributed by atoms with Crippen molar-refractivity contribution in [2.24, 2.45) is 0 Å². The van der Waals surface area contributed by atoms with Gasteiger partial charge < -0.3 is 28.5 Å². The highest BCUT2D eigenvalue weighted by molar-refractivity contribution is 5.71. The Morgan fingerprint density at radius 1 is 0.448 bits per heavy atom. The van der Waals surface area contributed by atoms with Crippen molar-refractivity contribution in [2.75, 3.05) is 47.5 Å². The van der Waals surface area contributed by atoms with E-state index in [1.165, 1.54) is 38.5 Å². The van der Waals surface area contributed by atoms with E-state index in [2.05, 4.69) is 123 Å². The number of unbranched alkanes of at least 4 members (excludes halogenated alkanes) is 10. The molecule has 9 nitrogen and oxygen atoms in total. The van der Waals surface area contributed by atoms with Crippen molar-refractivity contribution < 1.29 is 42.9 Å². The van der Waals surface area contributed by atoms with E-state index in [9.17, 15) is 19.5 Å². The molecule has 378 valence electrons. The highest BCUT2D eigenvalue weighted by atomic mass is 16.7. The van der Waals surface area contributed by atoms with Gasteiger partial charge in [0.05, 0.1) is 34.4 Å². The van der Waals surface area contributed by atoms with Gasteiger partial charge in [-0.2, -0.15) is 0 Å². The molecule has 0 aromatic rings. The first-order valence-electron chi connectivity index (χ1n) is 25.7. The quantitative estimate of drug-likeness (QED) is 0.0211. The number of allylic oxidation sites excluding steroid dienone is 20. The average Bonchev–Trinajstić information content (AvgIpc) is 3.29. The van der Waals surface area contributed by atoms with E-state index in [1.807, 2.05) is 33.3 Å². The summed E-state index contributed by atoms with van der Waals surface area (Å²) in [7, 11) is 5.93. The van der Waals surface area contributed by atoms with Crippen molar-refractivity contribution in [3.8, 4) is 0 Å². The first-order valence-corrected chi connectivity index (χ1v) is 25.7. The molecule has 0 aromatic heterocycles. The molecule has 0 rings (SSSR count). The van der Waals surface area contributed by atoms with Crippen molar-refractivity contribution in [2.45, 2.75) is 180 Å². The second kappa shape index (κ2) is 48.2. The fourth-order valence-corrected chi connectivity index (χ4v) is 6.32. The standard InChI is InChI=1S/C58H93NO8/c1-6-8-10-12-14-16-18-20-21-22-23-24-25-26-27-28-29-30-31-32-33-34-35-37-39-41-43-45-47-49-56(61)67-54(53-66-58(57(62)63)64-51-50-59(3,4)5)52-65-55(60)48-46-44-42-40-38-36-19-17-15-13-11-9-7-2/h8-11,14-17,20-21,23-24,26-27,29-30,36,38,42,44,54,58H,6-7,12-13,18-19,22,25,28,31-35,37,39-41,43,45-53H2,1-5H3/p+1/b10-8-,11-9-,16-14-,17-15-,21-20-,24-23-,27-26-,30-29-,38-36-,44-42-. The van der Waals surface area contributed by atoms with E-state index in [1.54, 1.807) is 0 Å². The smallest absolute Gasteiger partial charge is 0.361 e. The zero-order valence-corrected chi connectivity index (χ0v) is 42.8. The van der Waals surface area contributed by atoms with Crippen LogP contribution in [0.3, 0.4) is 0 Å². The molecule has 0 fully saturated rings. The fourth-order valence-electron chi connectivity index (χ4n) is 6.32. The Morgan fingerprint density at radius 2 is 0.836 bits per heavy atom. The van der Waals surface area contributed by atoms with E-state index < -0.39 is 30.3 Å². The molecule has 0 spiro atoms. The summed E-state index contributed by atoms with van der Waals surface area (Å²) in [5.41, 5.74) is 0. The Hall–Kier alpha value is -4.31. The molecular formula is C58H94NO8+. The maximum absolute atomic E-state index is 12.8. The number of aliphatic carboxylic acids is 1. The van der Waals surface area contributed by atoms with Gasteiger partial charge in [-0.25, -0.2) is 4.79 Å². The topological polar surface area (TPSA) is 108 Å². The molecule has 0 amide bonds. The van der Waals surface area contributed by atoms with Gasteiger partial charge in [-0.05, 0) is 89.9 Å². The largest absolute Gasteiger partial charge is 0.477 e. The maximum Gasteiger partial charge on any atom is 0.361 e. The number of carbonyl (C=O) groups is 3. The molecule has 0 saturated heterocycles. The minimum atomic E-state index is -1.53. The van der Waals surface area contributed by atoms with Gasteiger partial charge in [0.2, 0.25) is 0 Å². The molecule has 0 aliphatic rings. The molecular weight excluding hydrogens is 839 g/mol. The molecule has 0 aliphatic carbocycles. The number of carboxylic acid groups (broad SMARTS) is 1. The summed E-state index contributed by atoms with van der Waals surface area (Å²) < 4.78 is 22.7. The number of hydrogen-bond acceptors (Lipinski definition) is 7. The van der Waals surface area contributed by atoms with Crippen molar-refractivity contribution >= 4 is 17.9 Å². The molecule has 0 aromatic carbocycles. The molecule has 2 atom stereocenters. The zero-order valence-electron chi connectivity index (χ0n) is 42.8. The third kappa shape index (κ3) is 49.4. The van der Waals surface area contributed by atoms with Gasteiger partial charge in [0.25, 0.3) is 6.29 Å². The molecule has 0 radical (unpaired) electrons. The highest BCUT2D eigenvalue weighted by Gasteiger charge is 2.25. The third-order valence-corrected chi connectivity index (χ3v) is 10.2. The summed E-state index contributed by atoms with van der Waals surface area (Å²) in [5.74, 6) is -2.14. The molecule has 0 aliphatic heterocycles. The number of ether oxygens (including phenoxy) is 4. The average molecular weight is 933 g/mol. The second-order valence-corrected chi connectivity index (χ2v) is 17.7. The van der Waals surface area contributed by atoms with Crippen LogP contribution in [0, 0.1) is 0 Å². The van der Waals surface area contributed by atoms with Crippen LogP contribution in [0.5, 0.6) is 0 Å². The number of rotatable bonds is 45. The van der Waals surface area contributed by atoms with E-state index in [-0.39, 0.29) is 32.7 Å². The Bertz CT molecular complexity index is 1510. The van der Waals surface area contributed by atoms with Gasteiger partial charge in [-0.1, -0.05) is 187 Å². The lowest BCUT2D eigenvalue weighted by molar-refractivity contribution is -0.870. The number of likely N-dealkylation sites (N-methyl/N-ethyl adjacent to an activating group) is 1. The van der Waals surface area contributed by atoms with Gasteiger partial charge in [-0.3, -0.25) is 9.59 Å². The molecule has 2 unspecified atom stereocenters. The number of quaternary nitrogens is 1. The lowest BCUT2D eigenvalue weighted by atomic mass is 10.0. The van der Waals surface area contributed by atoms with Crippen molar-refractivity contribution in [3.05, 3.63) is 122 Å². The first kappa shape index (κ1) is 62.7. The van der Waals surface area contributed by atoms with Crippen LogP contribution >= 0.6 is 0 Å². The van der Waals surface area contributed by atoms with Gasteiger partial charge in [0.15, 0.2) is 6.10 Å².